The Morgan fingerprint density at radius 2 is 2.06 bits per heavy atom. The molecule has 0 aromatic carbocycles. The van der Waals surface area contributed by atoms with E-state index in [-0.39, 0.29) is 18.1 Å². The van der Waals surface area contributed by atoms with Crippen LogP contribution in [0, 0.1) is 12.3 Å². The van der Waals surface area contributed by atoms with Crippen molar-refractivity contribution in [3.63, 3.8) is 0 Å². The number of aryl methyl sites for hydroxylation is 1. The van der Waals surface area contributed by atoms with Gasteiger partial charge < -0.3 is 5.11 Å². The third kappa shape index (κ3) is 3.79. The molecule has 0 amide bonds. The Bertz CT molecular complexity index is 357. The van der Waals surface area contributed by atoms with Gasteiger partial charge >= 0.3 is 0 Å². The third-order valence-electron chi connectivity index (χ3n) is 3.24. The highest BCUT2D eigenvalue weighted by molar-refractivity contribution is 5.18. The van der Waals surface area contributed by atoms with Crippen molar-refractivity contribution in [3.8, 4) is 0 Å². The number of pyridine rings is 1. The van der Waals surface area contributed by atoms with Crippen LogP contribution in [0.25, 0.3) is 0 Å². The van der Waals surface area contributed by atoms with Crippen molar-refractivity contribution >= 4 is 0 Å². The van der Waals surface area contributed by atoms with Gasteiger partial charge in [-0.3, -0.25) is 9.88 Å². The molecule has 1 unspecified atom stereocenters. The van der Waals surface area contributed by atoms with Gasteiger partial charge in [0.25, 0.3) is 0 Å². The molecule has 1 aromatic rings. The van der Waals surface area contributed by atoms with E-state index in [4.69, 9.17) is 0 Å². The standard InChI is InChI=1S/C14H24N2O/c1-11-12(7-6-8-15-11)9-16(5)13(10-17)14(2,3)4/h6-8,13,17H,9-10H2,1-5H3. The maximum Gasteiger partial charge on any atom is 0.0591 e. The number of rotatable bonds is 4. The molecule has 0 bridgehead atoms. The van der Waals surface area contributed by atoms with Crippen molar-refractivity contribution in [2.24, 2.45) is 5.41 Å². The summed E-state index contributed by atoms with van der Waals surface area (Å²) in [5.74, 6) is 0. The summed E-state index contributed by atoms with van der Waals surface area (Å²) in [4.78, 5) is 6.49. The van der Waals surface area contributed by atoms with Gasteiger partial charge in [0, 0.05) is 24.5 Å². The second-order valence-corrected chi connectivity index (χ2v) is 5.73. The second kappa shape index (κ2) is 5.61. The number of hydrogen-bond acceptors (Lipinski definition) is 3. The fourth-order valence-electron chi connectivity index (χ4n) is 2.14. The lowest BCUT2D eigenvalue weighted by Crippen LogP contribution is -2.44. The first kappa shape index (κ1) is 14.1. The fraction of sp³-hybridized carbons (Fsp3) is 0.643. The summed E-state index contributed by atoms with van der Waals surface area (Å²) in [5.41, 5.74) is 2.35. The largest absolute Gasteiger partial charge is 0.395 e. The van der Waals surface area contributed by atoms with Crippen LogP contribution in [0.2, 0.25) is 0 Å². The van der Waals surface area contributed by atoms with Crippen molar-refractivity contribution in [1.29, 1.82) is 0 Å². The minimum atomic E-state index is 0.0691. The third-order valence-corrected chi connectivity index (χ3v) is 3.24. The van der Waals surface area contributed by atoms with Gasteiger partial charge in [0.15, 0.2) is 0 Å². The van der Waals surface area contributed by atoms with Crippen molar-refractivity contribution < 1.29 is 5.11 Å². The van der Waals surface area contributed by atoms with E-state index in [0.717, 1.165) is 12.2 Å². The van der Waals surface area contributed by atoms with Crippen LogP contribution in [0.5, 0.6) is 0 Å². The summed E-state index contributed by atoms with van der Waals surface area (Å²) < 4.78 is 0. The maximum absolute atomic E-state index is 9.52. The predicted molar refractivity (Wildman–Crippen MR) is 70.8 cm³/mol. The van der Waals surface area contributed by atoms with E-state index in [2.05, 4.69) is 43.8 Å². The molecule has 0 aliphatic heterocycles. The van der Waals surface area contributed by atoms with Gasteiger partial charge in [-0.25, -0.2) is 0 Å². The average Bonchev–Trinajstić information content (AvgIpc) is 2.20. The molecule has 0 aliphatic rings. The molecule has 3 nitrogen and oxygen atoms in total. The van der Waals surface area contributed by atoms with Gasteiger partial charge in [0.05, 0.1) is 6.61 Å². The summed E-state index contributed by atoms with van der Waals surface area (Å²) in [5, 5.41) is 9.52. The smallest absolute Gasteiger partial charge is 0.0591 e. The molecule has 1 N–H and O–H groups in total. The highest BCUT2D eigenvalue weighted by atomic mass is 16.3. The molecule has 96 valence electrons. The molecule has 1 atom stereocenters. The second-order valence-electron chi connectivity index (χ2n) is 5.73. The predicted octanol–water partition coefficient (Wildman–Crippen LogP) is 2.23. The van der Waals surface area contributed by atoms with Gasteiger partial charge in [-0.15, -0.1) is 0 Å². The van der Waals surface area contributed by atoms with Gasteiger partial charge in [0.1, 0.15) is 0 Å². The Labute approximate surface area is 104 Å². The minimum Gasteiger partial charge on any atom is -0.395 e. The Morgan fingerprint density at radius 3 is 2.53 bits per heavy atom. The van der Waals surface area contributed by atoms with Crippen LogP contribution in [0.3, 0.4) is 0 Å². The molecule has 17 heavy (non-hydrogen) atoms. The molecular weight excluding hydrogens is 212 g/mol. The Morgan fingerprint density at radius 1 is 1.41 bits per heavy atom. The molecule has 1 aromatic heterocycles. The Kier molecular flexibility index (Phi) is 4.66. The molecule has 1 heterocycles. The van der Waals surface area contributed by atoms with E-state index in [1.165, 1.54) is 5.56 Å². The van der Waals surface area contributed by atoms with Gasteiger partial charge in [0.2, 0.25) is 0 Å². The fourth-order valence-corrected chi connectivity index (χ4v) is 2.14. The van der Waals surface area contributed by atoms with Crippen molar-refractivity contribution in [2.75, 3.05) is 13.7 Å². The highest BCUT2D eigenvalue weighted by Gasteiger charge is 2.27. The summed E-state index contributed by atoms with van der Waals surface area (Å²) in [7, 11) is 2.05. The summed E-state index contributed by atoms with van der Waals surface area (Å²) >= 11 is 0. The van der Waals surface area contributed by atoms with Crippen LogP contribution in [-0.2, 0) is 6.54 Å². The van der Waals surface area contributed by atoms with Gasteiger partial charge in [-0.2, -0.15) is 0 Å². The van der Waals surface area contributed by atoms with Crippen molar-refractivity contribution in [2.45, 2.75) is 40.3 Å². The average molecular weight is 236 g/mol. The molecule has 0 saturated heterocycles. The quantitative estimate of drug-likeness (QED) is 0.871. The molecule has 1 rings (SSSR count). The van der Waals surface area contributed by atoms with E-state index < -0.39 is 0 Å². The monoisotopic (exact) mass is 236 g/mol. The molecular formula is C14H24N2O. The van der Waals surface area contributed by atoms with E-state index >= 15 is 0 Å². The summed E-state index contributed by atoms with van der Waals surface area (Å²) in [6, 6.07) is 4.21. The number of likely N-dealkylation sites (N-methyl/N-ethyl adjacent to an activating group) is 1. The van der Waals surface area contributed by atoms with Crippen LogP contribution in [0.1, 0.15) is 32.0 Å². The number of hydrogen-bond donors (Lipinski definition) is 1. The SMILES string of the molecule is Cc1ncccc1CN(C)C(CO)C(C)(C)C. The van der Waals surface area contributed by atoms with Crippen molar-refractivity contribution in [1.82, 2.24) is 9.88 Å². The first-order chi connectivity index (χ1) is 7.86. The first-order valence-corrected chi connectivity index (χ1v) is 6.08. The summed E-state index contributed by atoms with van der Waals surface area (Å²) in [6.45, 7) is 9.48. The topological polar surface area (TPSA) is 36.4 Å². The lowest BCUT2D eigenvalue weighted by Gasteiger charge is -2.37. The van der Waals surface area contributed by atoms with E-state index in [0.29, 0.717) is 0 Å². The highest BCUT2D eigenvalue weighted by Crippen LogP contribution is 2.24. The van der Waals surface area contributed by atoms with Crippen LogP contribution >= 0.6 is 0 Å². The van der Waals surface area contributed by atoms with Gasteiger partial charge in [-0.05, 0) is 31.0 Å². The number of nitrogens with zero attached hydrogens (tertiary/aromatic N) is 2. The molecule has 0 spiro atoms. The van der Waals surface area contributed by atoms with Crippen LogP contribution < -0.4 is 0 Å². The first-order valence-electron chi connectivity index (χ1n) is 6.08. The van der Waals surface area contributed by atoms with Crippen LogP contribution in [0.15, 0.2) is 18.3 Å². The normalized spacial score (nSPS) is 14.1. The summed E-state index contributed by atoms with van der Waals surface area (Å²) in [6.07, 6.45) is 1.81. The maximum atomic E-state index is 9.52. The minimum absolute atomic E-state index is 0.0691. The molecule has 3 heteroatoms. The molecule has 0 fully saturated rings. The Hall–Kier alpha value is -0.930. The zero-order chi connectivity index (χ0) is 13.1. The van der Waals surface area contributed by atoms with E-state index in [9.17, 15) is 5.11 Å². The Balaban J connectivity index is 2.78. The molecule has 0 aliphatic carbocycles. The number of aliphatic hydroxyl groups is 1. The zero-order valence-electron chi connectivity index (χ0n) is 11.6. The van der Waals surface area contributed by atoms with Crippen LogP contribution in [0.4, 0.5) is 0 Å². The molecule has 0 radical (unpaired) electrons. The van der Waals surface area contributed by atoms with E-state index in [1.807, 2.05) is 19.2 Å². The number of aliphatic hydroxyl groups excluding tert-OH is 1. The lowest BCUT2D eigenvalue weighted by atomic mass is 9.86. The van der Waals surface area contributed by atoms with Gasteiger partial charge in [-0.1, -0.05) is 26.8 Å². The number of aromatic nitrogens is 1. The lowest BCUT2D eigenvalue weighted by molar-refractivity contribution is 0.0612. The van der Waals surface area contributed by atoms with Crippen LogP contribution in [-0.4, -0.2) is 34.7 Å². The zero-order valence-corrected chi connectivity index (χ0v) is 11.6. The van der Waals surface area contributed by atoms with E-state index in [1.54, 1.807) is 0 Å². The molecule has 0 saturated carbocycles. The van der Waals surface area contributed by atoms with Crippen molar-refractivity contribution in [3.05, 3.63) is 29.6 Å².